The molecule has 1 fully saturated rings. The molecule has 4 rings (SSSR count). The monoisotopic (exact) mass is 557 g/mol. The zero-order valence-corrected chi connectivity index (χ0v) is 20.9. The van der Waals surface area contributed by atoms with E-state index >= 15 is 0 Å². The van der Waals surface area contributed by atoms with Crippen molar-refractivity contribution < 1.29 is 41.0 Å². The summed E-state index contributed by atoms with van der Waals surface area (Å²) < 4.78 is 75.2. The number of carboxylic acids is 1. The Bertz CT molecular complexity index is 1310. The van der Waals surface area contributed by atoms with E-state index in [2.05, 4.69) is 21.0 Å². The molecule has 210 valence electrons. The Hall–Kier alpha value is -3.94. The van der Waals surface area contributed by atoms with Crippen LogP contribution in [0.1, 0.15) is 38.4 Å². The molecule has 1 aliphatic heterocycles. The molecule has 1 N–H and O–H groups in total. The van der Waals surface area contributed by atoms with Crippen molar-refractivity contribution in [2.45, 2.75) is 32.7 Å². The van der Waals surface area contributed by atoms with E-state index in [1.54, 1.807) is 0 Å². The third-order valence-electron chi connectivity index (χ3n) is 5.77. The van der Waals surface area contributed by atoms with E-state index in [1.165, 1.54) is 11.8 Å². The van der Waals surface area contributed by atoms with Crippen molar-refractivity contribution in [2.24, 2.45) is 0 Å². The van der Waals surface area contributed by atoms with Gasteiger partial charge >= 0.3 is 24.4 Å². The molecule has 1 aromatic carbocycles. The number of carboxylic acid groups (broad SMARTS) is 1. The smallest absolute Gasteiger partial charge is 0.420 e. The normalized spacial score (nSPS) is 14.5. The lowest BCUT2D eigenvalue weighted by atomic mass is 10.1. The third-order valence-corrected chi connectivity index (χ3v) is 5.77. The summed E-state index contributed by atoms with van der Waals surface area (Å²) in [6.07, 6.45) is -7.57. The number of benzene rings is 1. The summed E-state index contributed by atoms with van der Waals surface area (Å²) in [5.41, 5.74) is -0.595. The van der Waals surface area contributed by atoms with Crippen LogP contribution < -0.4 is 0 Å². The van der Waals surface area contributed by atoms with Crippen LogP contribution in [0.25, 0.3) is 0 Å². The van der Waals surface area contributed by atoms with Crippen molar-refractivity contribution in [2.75, 3.05) is 26.2 Å². The Morgan fingerprint density at radius 2 is 1.62 bits per heavy atom. The van der Waals surface area contributed by atoms with Gasteiger partial charge in [0.25, 0.3) is 0 Å². The standard InChI is InChI=1S/C18H19F3N4O3.C7H6F3N/c1-12-3-2-4-13(9-12)10-23-5-7-24(8-6-23)17(28)25-11-14(18(19,20)21)15(22-25)16(26)27;1-5-4-6(2-3-11-5)7(8,9)10/h2-4,9,11H,5-8,10H2,1H3,(H,26,27);2-4H,1H3. The van der Waals surface area contributed by atoms with Crippen molar-refractivity contribution in [3.8, 4) is 0 Å². The average molecular weight is 557 g/mol. The summed E-state index contributed by atoms with van der Waals surface area (Å²) in [6.45, 7) is 5.98. The summed E-state index contributed by atoms with van der Waals surface area (Å²) in [5.74, 6) is -1.83. The number of rotatable bonds is 3. The van der Waals surface area contributed by atoms with E-state index in [0.717, 1.165) is 29.5 Å². The highest BCUT2D eigenvalue weighted by Crippen LogP contribution is 2.32. The highest BCUT2D eigenvalue weighted by atomic mass is 19.4. The van der Waals surface area contributed by atoms with Gasteiger partial charge in [0, 0.05) is 50.8 Å². The lowest BCUT2D eigenvalue weighted by molar-refractivity contribution is -0.138. The van der Waals surface area contributed by atoms with Crippen LogP contribution in [0.3, 0.4) is 0 Å². The van der Waals surface area contributed by atoms with Gasteiger partial charge in [0.15, 0.2) is 5.69 Å². The molecule has 8 nitrogen and oxygen atoms in total. The zero-order valence-electron chi connectivity index (χ0n) is 20.9. The Morgan fingerprint density at radius 3 is 2.10 bits per heavy atom. The molecule has 1 saturated heterocycles. The van der Waals surface area contributed by atoms with Gasteiger partial charge in [0.05, 0.1) is 5.56 Å². The number of amides is 1. The molecule has 0 radical (unpaired) electrons. The van der Waals surface area contributed by atoms with Gasteiger partial charge in [-0.15, -0.1) is 0 Å². The minimum atomic E-state index is -4.90. The second-order valence-corrected chi connectivity index (χ2v) is 8.86. The summed E-state index contributed by atoms with van der Waals surface area (Å²) >= 11 is 0. The molecule has 0 atom stereocenters. The molecule has 0 spiro atoms. The van der Waals surface area contributed by atoms with Crippen LogP contribution in [0.5, 0.6) is 0 Å². The van der Waals surface area contributed by atoms with Crippen LogP contribution in [0.2, 0.25) is 0 Å². The topological polar surface area (TPSA) is 91.6 Å². The number of aryl methyl sites for hydroxylation is 2. The predicted molar refractivity (Wildman–Crippen MR) is 127 cm³/mol. The number of carbonyl (C=O) groups excluding carboxylic acids is 1. The third kappa shape index (κ3) is 8.02. The molecule has 0 unspecified atom stereocenters. The van der Waals surface area contributed by atoms with Crippen LogP contribution in [0.4, 0.5) is 31.1 Å². The molecular formula is C25H25F6N5O3. The maximum absolute atomic E-state index is 13.0. The zero-order chi connectivity index (χ0) is 29.0. The fraction of sp³-hybridized carbons (Fsp3) is 0.360. The first-order valence-corrected chi connectivity index (χ1v) is 11.6. The molecular weight excluding hydrogens is 532 g/mol. The van der Waals surface area contributed by atoms with Gasteiger partial charge in [0.1, 0.15) is 5.56 Å². The van der Waals surface area contributed by atoms with Crippen LogP contribution in [-0.2, 0) is 18.9 Å². The van der Waals surface area contributed by atoms with Gasteiger partial charge < -0.3 is 10.0 Å². The quantitative estimate of drug-likeness (QED) is 0.451. The molecule has 1 amide bonds. The molecule has 3 aromatic rings. The molecule has 0 aliphatic carbocycles. The fourth-order valence-electron chi connectivity index (χ4n) is 3.87. The lowest BCUT2D eigenvalue weighted by Gasteiger charge is -2.34. The minimum absolute atomic E-state index is 0.314. The number of nitrogens with zero attached hydrogens (tertiary/aromatic N) is 5. The number of carbonyl (C=O) groups is 2. The van der Waals surface area contributed by atoms with Crippen molar-refractivity contribution >= 4 is 12.0 Å². The summed E-state index contributed by atoms with van der Waals surface area (Å²) in [6, 6.07) is 9.26. The number of aromatic carboxylic acids is 1. The molecule has 0 bridgehead atoms. The first-order chi connectivity index (χ1) is 18.1. The maximum Gasteiger partial charge on any atom is 0.420 e. The molecule has 14 heteroatoms. The molecule has 39 heavy (non-hydrogen) atoms. The molecule has 2 aromatic heterocycles. The largest absolute Gasteiger partial charge is 0.476 e. The van der Waals surface area contributed by atoms with Gasteiger partial charge in [0.2, 0.25) is 0 Å². The number of hydrogen-bond acceptors (Lipinski definition) is 5. The van der Waals surface area contributed by atoms with Gasteiger partial charge in [-0.3, -0.25) is 9.88 Å². The van der Waals surface area contributed by atoms with Crippen LogP contribution in [-0.4, -0.2) is 67.9 Å². The van der Waals surface area contributed by atoms with E-state index in [1.807, 2.05) is 25.1 Å². The van der Waals surface area contributed by atoms with E-state index in [9.17, 15) is 35.9 Å². The summed E-state index contributed by atoms with van der Waals surface area (Å²) in [5, 5.41) is 12.3. The van der Waals surface area contributed by atoms with Gasteiger partial charge in [-0.25, -0.2) is 9.59 Å². The SMILES string of the molecule is Cc1cc(C(F)(F)F)ccn1.Cc1cccc(CN2CCN(C(=O)n3cc(C(F)(F)F)c(C(=O)O)n3)CC2)c1. The van der Waals surface area contributed by atoms with E-state index in [4.69, 9.17) is 5.11 Å². The minimum Gasteiger partial charge on any atom is -0.476 e. The van der Waals surface area contributed by atoms with Crippen molar-refractivity contribution in [3.05, 3.63) is 82.4 Å². The highest BCUT2D eigenvalue weighted by Gasteiger charge is 2.39. The average Bonchev–Trinajstić information content (AvgIpc) is 3.31. The van der Waals surface area contributed by atoms with Crippen LogP contribution in [0.15, 0.2) is 48.8 Å². The number of halogens is 6. The Morgan fingerprint density at radius 1 is 0.949 bits per heavy atom. The van der Waals surface area contributed by atoms with E-state index < -0.39 is 41.2 Å². The van der Waals surface area contributed by atoms with Crippen molar-refractivity contribution in [1.82, 2.24) is 24.6 Å². The van der Waals surface area contributed by atoms with E-state index in [-0.39, 0.29) is 0 Å². The predicted octanol–water partition coefficient (Wildman–Crippen LogP) is 5.10. The highest BCUT2D eigenvalue weighted by molar-refractivity contribution is 5.88. The Labute approximate surface area is 219 Å². The summed E-state index contributed by atoms with van der Waals surface area (Å²) in [7, 11) is 0. The second-order valence-electron chi connectivity index (χ2n) is 8.86. The van der Waals surface area contributed by atoms with Crippen molar-refractivity contribution in [1.29, 1.82) is 0 Å². The van der Waals surface area contributed by atoms with Crippen LogP contribution >= 0.6 is 0 Å². The van der Waals surface area contributed by atoms with E-state index in [0.29, 0.717) is 49.3 Å². The fourth-order valence-corrected chi connectivity index (χ4v) is 3.87. The molecule has 0 saturated carbocycles. The summed E-state index contributed by atoms with van der Waals surface area (Å²) in [4.78, 5) is 30.7. The number of aromatic nitrogens is 3. The lowest BCUT2D eigenvalue weighted by Crippen LogP contribution is -2.49. The molecule has 3 heterocycles. The molecule has 1 aliphatic rings. The first kappa shape index (κ1) is 29.6. The number of piperazine rings is 1. The first-order valence-electron chi connectivity index (χ1n) is 11.6. The maximum atomic E-state index is 13.0. The van der Waals surface area contributed by atoms with Gasteiger partial charge in [-0.05, 0) is 31.5 Å². The number of hydrogen-bond donors (Lipinski definition) is 1. The second kappa shape index (κ2) is 11.8. The van der Waals surface area contributed by atoms with Gasteiger partial charge in [-0.2, -0.15) is 36.1 Å². The van der Waals surface area contributed by atoms with Crippen LogP contribution in [0, 0.1) is 13.8 Å². The Kier molecular flexibility index (Phi) is 8.99. The van der Waals surface area contributed by atoms with Gasteiger partial charge in [-0.1, -0.05) is 29.8 Å². The number of pyridine rings is 1. The Balaban J connectivity index is 0.000000320. The van der Waals surface area contributed by atoms with Crippen molar-refractivity contribution in [3.63, 3.8) is 0 Å². The number of alkyl halides is 6.